The van der Waals surface area contributed by atoms with Crippen LogP contribution in [0.5, 0.6) is 0 Å². The lowest BCUT2D eigenvalue weighted by molar-refractivity contribution is -0.139. The molecule has 0 atom stereocenters. The number of sulfonamides is 1. The molecule has 2 heterocycles. The van der Waals surface area contributed by atoms with Crippen LogP contribution in [-0.2, 0) is 16.2 Å². The van der Waals surface area contributed by atoms with Gasteiger partial charge in [-0.3, -0.25) is 9.78 Å². The van der Waals surface area contributed by atoms with Crippen molar-refractivity contribution in [3.05, 3.63) is 70.4 Å². The van der Waals surface area contributed by atoms with Crippen LogP contribution in [0.2, 0.25) is 5.02 Å². The van der Waals surface area contributed by atoms with E-state index in [1.807, 2.05) is 0 Å². The first-order valence-electron chi connectivity index (χ1n) is 10.0. The summed E-state index contributed by atoms with van der Waals surface area (Å²) >= 11 is 6.03. The van der Waals surface area contributed by atoms with Crippen molar-refractivity contribution < 1.29 is 26.4 Å². The lowest BCUT2D eigenvalue weighted by Gasteiger charge is -2.34. The van der Waals surface area contributed by atoms with Gasteiger partial charge in [0.05, 0.1) is 27.2 Å². The molecule has 1 amide bonds. The van der Waals surface area contributed by atoms with Crippen LogP contribution in [0.1, 0.15) is 21.6 Å². The third-order valence-electron chi connectivity index (χ3n) is 5.53. The molecule has 2 aromatic carbocycles. The van der Waals surface area contributed by atoms with E-state index in [-0.39, 0.29) is 32.1 Å². The molecule has 6 nitrogen and oxygen atoms in total. The second-order valence-corrected chi connectivity index (χ2v) is 9.99. The third-order valence-corrected chi connectivity index (χ3v) is 7.73. The lowest BCUT2D eigenvalue weighted by atomic mass is 10.1. The highest BCUT2D eigenvalue weighted by molar-refractivity contribution is 7.89. The summed E-state index contributed by atoms with van der Waals surface area (Å²) in [6, 6.07) is 10.9. The van der Waals surface area contributed by atoms with Crippen molar-refractivity contribution in [1.82, 2.24) is 14.2 Å². The molecule has 4 rings (SSSR count). The summed E-state index contributed by atoms with van der Waals surface area (Å²) in [5.41, 5.74) is 0.361. The molecule has 0 saturated carbocycles. The monoisotopic (exact) mass is 497 g/mol. The molecule has 1 fully saturated rings. The second-order valence-electron chi connectivity index (χ2n) is 7.65. The van der Waals surface area contributed by atoms with Crippen LogP contribution in [0.25, 0.3) is 10.9 Å². The van der Waals surface area contributed by atoms with Gasteiger partial charge in [0.25, 0.3) is 5.91 Å². The van der Waals surface area contributed by atoms with Gasteiger partial charge in [0, 0.05) is 36.6 Å². The van der Waals surface area contributed by atoms with E-state index in [1.165, 1.54) is 11.0 Å². The number of benzene rings is 2. The van der Waals surface area contributed by atoms with Crippen molar-refractivity contribution in [2.45, 2.75) is 18.0 Å². The standard InChI is InChI=1S/C22H19ClF3N3O3S/c1-14-17(13-15-12-16(23)6-7-19(15)27-14)21(30)28-8-10-29(11-9-28)33(31,32)20-5-3-2-4-18(20)22(24,25)26/h2-7,12-13H,8-11H2,1H3. The Morgan fingerprint density at radius 3 is 2.36 bits per heavy atom. The van der Waals surface area contributed by atoms with Gasteiger partial charge in [-0.25, -0.2) is 8.42 Å². The number of hydrogen-bond acceptors (Lipinski definition) is 4. The minimum atomic E-state index is -4.80. The first kappa shape index (κ1) is 23.5. The van der Waals surface area contributed by atoms with Gasteiger partial charge in [0.2, 0.25) is 10.0 Å². The number of aromatic nitrogens is 1. The lowest BCUT2D eigenvalue weighted by Crippen LogP contribution is -2.50. The number of amides is 1. The van der Waals surface area contributed by atoms with Crippen LogP contribution in [0.3, 0.4) is 0 Å². The number of rotatable bonds is 3. The molecular formula is C22H19ClF3N3O3S. The minimum absolute atomic E-state index is 0.0409. The number of aryl methyl sites for hydroxylation is 1. The minimum Gasteiger partial charge on any atom is -0.336 e. The van der Waals surface area contributed by atoms with Gasteiger partial charge in [0.15, 0.2) is 0 Å². The second kappa shape index (κ2) is 8.58. The van der Waals surface area contributed by atoms with Gasteiger partial charge in [-0.15, -0.1) is 0 Å². The zero-order chi connectivity index (χ0) is 24.0. The van der Waals surface area contributed by atoms with E-state index in [9.17, 15) is 26.4 Å². The van der Waals surface area contributed by atoms with Gasteiger partial charge >= 0.3 is 6.18 Å². The molecule has 0 radical (unpaired) electrons. The summed E-state index contributed by atoms with van der Waals surface area (Å²) in [4.78, 5) is 18.2. The zero-order valence-corrected chi connectivity index (χ0v) is 19.0. The summed E-state index contributed by atoms with van der Waals surface area (Å²) < 4.78 is 66.8. The molecule has 0 unspecified atom stereocenters. The molecule has 1 aliphatic rings. The van der Waals surface area contributed by atoms with Crippen LogP contribution >= 0.6 is 11.6 Å². The molecule has 174 valence electrons. The molecule has 1 aliphatic heterocycles. The average Bonchev–Trinajstić information content (AvgIpc) is 2.78. The molecule has 0 aliphatic carbocycles. The Bertz CT molecular complexity index is 1340. The van der Waals surface area contributed by atoms with E-state index >= 15 is 0 Å². The molecule has 3 aromatic rings. The van der Waals surface area contributed by atoms with E-state index in [0.29, 0.717) is 27.2 Å². The van der Waals surface area contributed by atoms with Crippen molar-refractivity contribution in [3.8, 4) is 0 Å². The Kier molecular flexibility index (Phi) is 6.10. The Morgan fingerprint density at radius 2 is 1.70 bits per heavy atom. The molecule has 1 saturated heterocycles. The molecular weight excluding hydrogens is 479 g/mol. The summed E-state index contributed by atoms with van der Waals surface area (Å²) in [5.74, 6) is -0.324. The van der Waals surface area contributed by atoms with E-state index in [1.54, 1.807) is 31.2 Å². The Hall–Kier alpha value is -2.69. The summed E-state index contributed by atoms with van der Waals surface area (Å²) in [6.07, 6.45) is -4.80. The number of hydrogen-bond donors (Lipinski definition) is 0. The Morgan fingerprint density at radius 1 is 1.03 bits per heavy atom. The summed E-state index contributed by atoms with van der Waals surface area (Å²) in [5, 5.41) is 1.20. The Labute approximate surface area is 193 Å². The smallest absolute Gasteiger partial charge is 0.336 e. The SMILES string of the molecule is Cc1nc2ccc(Cl)cc2cc1C(=O)N1CCN(S(=O)(=O)c2ccccc2C(F)(F)F)CC1. The number of halogens is 4. The number of carbonyl (C=O) groups is 1. The van der Waals surface area contributed by atoms with Crippen LogP contribution in [0.15, 0.2) is 53.4 Å². The van der Waals surface area contributed by atoms with Crippen molar-refractivity contribution in [3.63, 3.8) is 0 Å². The number of nitrogens with zero attached hydrogens (tertiary/aromatic N) is 3. The van der Waals surface area contributed by atoms with Crippen LogP contribution in [0.4, 0.5) is 13.2 Å². The van der Waals surface area contributed by atoms with Crippen LogP contribution < -0.4 is 0 Å². The van der Waals surface area contributed by atoms with E-state index in [0.717, 1.165) is 22.5 Å². The predicted octanol–water partition coefficient (Wildman–Crippen LogP) is 4.36. The van der Waals surface area contributed by atoms with Crippen molar-refractivity contribution in [2.24, 2.45) is 0 Å². The number of pyridine rings is 1. The fraction of sp³-hybridized carbons (Fsp3) is 0.273. The van der Waals surface area contributed by atoms with Gasteiger partial charge in [0.1, 0.15) is 0 Å². The fourth-order valence-corrected chi connectivity index (χ4v) is 5.64. The maximum Gasteiger partial charge on any atom is 0.417 e. The van der Waals surface area contributed by atoms with E-state index < -0.39 is 26.7 Å². The van der Waals surface area contributed by atoms with E-state index in [2.05, 4.69) is 4.98 Å². The van der Waals surface area contributed by atoms with Gasteiger partial charge < -0.3 is 4.90 Å². The largest absolute Gasteiger partial charge is 0.417 e. The maximum atomic E-state index is 13.3. The first-order chi connectivity index (χ1) is 15.5. The van der Waals surface area contributed by atoms with Crippen molar-refractivity contribution in [1.29, 1.82) is 0 Å². The highest BCUT2D eigenvalue weighted by atomic mass is 35.5. The average molecular weight is 498 g/mol. The zero-order valence-electron chi connectivity index (χ0n) is 17.4. The van der Waals surface area contributed by atoms with Crippen LogP contribution in [0, 0.1) is 6.92 Å². The third kappa shape index (κ3) is 4.55. The molecule has 0 N–H and O–H groups in total. The molecule has 11 heteroatoms. The van der Waals surface area contributed by atoms with Gasteiger partial charge in [-0.05, 0) is 43.3 Å². The summed E-state index contributed by atoms with van der Waals surface area (Å²) in [7, 11) is -4.38. The van der Waals surface area contributed by atoms with Gasteiger partial charge in [-0.2, -0.15) is 17.5 Å². The molecule has 0 spiro atoms. The number of fused-ring (bicyclic) bond motifs is 1. The highest BCUT2D eigenvalue weighted by Crippen LogP contribution is 2.35. The molecule has 0 bridgehead atoms. The number of alkyl halides is 3. The fourth-order valence-electron chi connectivity index (χ4n) is 3.83. The maximum absolute atomic E-state index is 13.3. The van der Waals surface area contributed by atoms with E-state index in [4.69, 9.17) is 11.6 Å². The molecule has 1 aromatic heterocycles. The quantitative estimate of drug-likeness (QED) is 0.539. The molecule has 33 heavy (non-hydrogen) atoms. The van der Waals surface area contributed by atoms with Crippen molar-refractivity contribution in [2.75, 3.05) is 26.2 Å². The normalized spacial score (nSPS) is 15.7. The van der Waals surface area contributed by atoms with Gasteiger partial charge in [-0.1, -0.05) is 23.7 Å². The van der Waals surface area contributed by atoms with Crippen molar-refractivity contribution >= 4 is 38.4 Å². The topological polar surface area (TPSA) is 70.6 Å². The number of carbonyl (C=O) groups excluding carboxylic acids is 1. The Balaban J connectivity index is 1.54. The first-order valence-corrected chi connectivity index (χ1v) is 11.8. The summed E-state index contributed by atoms with van der Waals surface area (Å²) in [6.45, 7) is 1.55. The van der Waals surface area contributed by atoms with Crippen LogP contribution in [-0.4, -0.2) is 54.7 Å². The highest BCUT2D eigenvalue weighted by Gasteiger charge is 2.39. The predicted molar refractivity (Wildman–Crippen MR) is 118 cm³/mol. The number of piperazine rings is 1.